The topological polar surface area (TPSA) is 36.8 Å². The molecule has 0 spiro atoms. The summed E-state index contributed by atoms with van der Waals surface area (Å²) in [7, 11) is 1.93. The molecule has 3 heteroatoms. The molecule has 166 valence electrons. The summed E-state index contributed by atoms with van der Waals surface area (Å²) < 4.78 is 0. The smallest absolute Gasteiger partial charge is 0.103 e. The van der Waals surface area contributed by atoms with Gasteiger partial charge in [0.2, 0.25) is 0 Å². The molecule has 0 aromatic heterocycles. The lowest BCUT2D eigenvalue weighted by Gasteiger charge is -2.33. The van der Waals surface area contributed by atoms with Gasteiger partial charge in [0.05, 0.1) is 11.4 Å². The van der Waals surface area contributed by atoms with Crippen LogP contribution in [0.5, 0.6) is 0 Å². The summed E-state index contributed by atoms with van der Waals surface area (Å²) in [5, 5.41) is 3.23. The molecule has 0 aromatic rings. The van der Waals surface area contributed by atoms with E-state index in [0.29, 0.717) is 5.92 Å². The standard InChI is InChI=1S/C27H43N3/c1-9-12-13-14-17-21(4)18-15-19-23(16-10-2)26-27(6,7)20-24(29-11-3)25(30-26)22(5)28-8/h10-11,15-16,18-19,21,28H,3,9,12-14,17,20H2,1-2,4-8H3/b16-10-,18-15+,23-19+,25-22-,29-24?/t21-/m0/s1. The van der Waals surface area contributed by atoms with Crippen LogP contribution < -0.4 is 5.32 Å². The molecule has 1 aliphatic rings. The predicted molar refractivity (Wildman–Crippen MR) is 135 cm³/mol. The number of allylic oxidation sites excluding steroid dienone is 8. The molecule has 1 atom stereocenters. The molecular weight excluding hydrogens is 366 g/mol. The number of nitrogens with one attached hydrogen (secondary N) is 1. The Hall–Kier alpha value is -2.16. The minimum absolute atomic E-state index is 0.107. The second kappa shape index (κ2) is 13.2. The van der Waals surface area contributed by atoms with Gasteiger partial charge >= 0.3 is 0 Å². The van der Waals surface area contributed by atoms with Crippen molar-refractivity contribution >= 4 is 11.4 Å². The molecule has 1 aliphatic heterocycles. The molecule has 0 radical (unpaired) electrons. The second-order valence-corrected chi connectivity index (χ2v) is 8.84. The van der Waals surface area contributed by atoms with Crippen molar-refractivity contribution in [3.8, 4) is 0 Å². The van der Waals surface area contributed by atoms with Gasteiger partial charge in [-0.3, -0.25) is 4.99 Å². The zero-order valence-electron chi connectivity index (χ0n) is 20.4. The van der Waals surface area contributed by atoms with Crippen LogP contribution in [-0.2, 0) is 0 Å². The summed E-state index contributed by atoms with van der Waals surface area (Å²) in [4.78, 5) is 9.61. The van der Waals surface area contributed by atoms with Crippen molar-refractivity contribution in [1.82, 2.24) is 5.32 Å². The van der Waals surface area contributed by atoms with E-state index in [9.17, 15) is 0 Å². The molecule has 1 rings (SSSR count). The molecule has 0 unspecified atom stereocenters. The van der Waals surface area contributed by atoms with E-state index in [1.54, 1.807) is 6.20 Å². The van der Waals surface area contributed by atoms with Gasteiger partial charge in [0, 0.05) is 30.8 Å². The molecule has 0 saturated heterocycles. The molecular formula is C27H43N3. The first-order valence-corrected chi connectivity index (χ1v) is 11.5. The van der Waals surface area contributed by atoms with Crippen LogP contribution in [0.1, 0.15) is 80.1 Å². The van der Waals surface area contributed by atoms with Crippen LogP contribution in [0, 0.1) is 11.3 Å². The fourth-order valence-corrected chi connectivity index (χ4v) is 3.74. The third kappa shape index (κ3) is 7.93. The first-order chi connectivity index (χ1) is 14.3. The lowest BCUT2D eigenvalue weighted by atomic mass is 9.75. The molecule has 30 heavy (non-hydrogen) atoms. The van der Waals surface area contributed by atoms with Gasteiger partial charge in [-0.1, -0.05) is 90.3 Å². The van der Waals surface area contributed by atoms with Crippen LogP contribution in [0.15, 0.2) is 70.1 Å². The van der Waals surface area contributed by atoms with Gasteiger partial charge in [-0.25, -0.2) is 4.99 Å². The van der Waals surface area contributed by atoms with Crippen LogP contribution in [0.25, 0.3) is 0 Å². The van der Waals surface area contributed by atoms with Gasteiger partial charge in [-0.15, -0.1) is 0 Å². The number of hydrogen-bond acceptors (Lipinski definition) is 3. The number of hydrogen-bond donors (Lipinski definition) is 1. The highest BCUT2D eigenvalue weighted by molar-refractivity contribution is 6.16. The van der Waals surface area contributed by atoms with Crippen LogP contribution in [-0.4, -0.2) is 18.5 Å². The second-order valence-electron chi connectivity index (χ2n) is 8.84. The number of unbranched alkanes of at least 4 members (excludes halogenated alkanes) is 3. The summed E-state index contributed by atoms with van der Waals surface area (Å²) in [5.41, 5.74) is 5.10. The van der Waals surface area contributed by atoms with Crippen molar-refractivity contribution in [3.63, 3.8) is 0 Å². The van der Waals surface area contributed by atoms with Crippen LogP contribution in [0.3, 0.4) is 0 Å². The maximum atomic E-state index is 5.09. The Morgan fingerprint density at radius 3 is 2.63 bits per heavy atom. The van der Waals surface area contributed by atoms with Crippen molar-refractivity contribution in [2.75, 3.05) is 7.05 Å². The van der Waals surface area contributed by atoms with Gasteiger partial charge in [-0.2, -0.15) is 0 Å². The Morgan fingerprint density at radius 2 is 2.03 bits per heavy atom. The average Bonchev–Trinajstić information content (AvgIpc) is 2.70. The van der Waals surface area contributed by atoms with E-state index in [1.807, 2.05) is 14.0 Å². The Balaban J connectivity index is 3.22. The monoisotopic (exact) mass is 409 g/mol. The van der Waals surface area contributed by atoms with Crippen LogP contribution >= 0.6 is 0 Å². The number of aliphatic imine (C=N–C) groups is 2. The Morgan fingerprint density at radius 1 is 1.30 bits per heavy atom. The molecule has 3 nitrogen and oxygen atoms in total. The van der Waals surface area contributed by atoms with Crippen molar-refractivity contribution in [2.24, 2.45) is 21.3 Å². The predicted octanol–water partition coefficient (Wildman–Crippen LogP) is 7.56. The molecule has 0 aliphatic carbocycles. The highest BCUT2D eigenvalue weighted by atomic mass is 14.9. The molecule has 0 bridgehead atoms. The Bertz CT molecular complexity index is 742. The maximum Gasteiger partial charge on any atom is 0.103 e. The average molecular weight is 410 g/mol. The van der Waals surface area contributed by atoms with Gasteiger partial charge in [-0.05, 0) is 31.8 Å². The first kappa shape index (κ1) is 25.9. The quantitative estimate of drug-likeness (QED) is 0.277. The molecule has 0 saturated carbocycles. The Kier molecular flexibility index (Phi) is 11.4. The van der Waals surface area contributed by atoms with Crippen LogP contribution in [0.4, 0.5) is 0 Å². The van der Waals surface area contributed by atoms with E-state index >= 15 is 0 Å². The summed E-state index contributed by atoms with van der Waals surface area (Å²) in [6, 6.07) is 0. The molecule has 0 fully saturated rings. The minimum atomic E-state index is -0.107. The summed E-state index contributed by atoms with van der Waals surface area (Å²) in [5.74, 6) is 0.597. The van der Waals surface area contributed by atoms with Gasteiger partial charge in [0.15, 0.2) is 0 Å². The minimum Gasteiger partial charge on any atom is -0.390 e. The van der Waals surface area contributed by atoms with E-state index in [-0.39, 0.29) is 5.41 Å². The van der Waals surface area contributed by atoms with Crippen molar-refractivity contribution < 1.29 is 0 Å². The zero-order valence-corrected chi connectivity index (χ0v) is 20.4. The molecule has 1 heterocycles. The largest absolute Gasteiger partial charge is 0.390 e. The normalized spacial score (nSPS) is 21.2. The zero-order chi connectivity index (χ0) is 22.6. The molecule has 1 N–H and O–H groups in total. The van der Waals surface area contributed by atoms with E-state index in [1.165, 1.54) is 32.1 Å². The van der Waals surface area contributed by atoms with Crippen LogP contribution in [0.2, 0.25) is 0 Å². The molecule has 0 aromatic carbocycles. The maximum absolute atomic E-state index is 5.09. The van der Waals surface area contributed by atoms with Crippen molar-refractivity contribution in [3.05, 3.63) is 60.1 Å². The molecule has 0 amide bonds. The highest BCUT2D eigenvalue weighted by Gasteiger charge is 2.34. The third-order valence-electron chi connectivity index (χ3n) is 5.57. The van der Waals surface area contributed by atoms with Gasteiger partial charge < -0.3 is 5.32 Å². The van der Waals surface area contributed by atoms with Gasteiger partial charge in [0.1, 0.15) is 5.70 Å². The van der Waals surface area contributed by atoms with E-state index in [2.05, 4.69) is 81.9 Å². The fraction of sp³-hybridized carbons (Fsp3) is 0.556. The van der Waals surface area contributed by atoms with E-state index in [4.69, 9.17) is 4.99 Å². The third-order valence-corrected chi connectivity index (χ3v) is 5.57. The Labute approximate surface area is 185 Å². The van der Waals surface area contributed by atoms with E-state index in [0.717, 1.165) is 34.8 Å². The highest BCUT2D eigenvalue weighted by Crippen LogP contribution is 2.35. The SMILES string of the molecule is C=CN=C1CC(C)(C)C(C(/C=C\C)=C/C=C/[C@@H](C)CCCCCC)=N/C1=C(/C)NC. The number of rotatable bonds is 11. The summed E-state index contributed by atoms with van der Waals surface area (Å²) >= 11 is 0. The van der Waals surface area contributed by atoms with Crippen molar-refractivity contribution in [1.29, 1.82) is 0 Å². The van der Waals surface area contributed by atoms with Gasteiger partial charge in [0.25, 0.3) is 0 Å². The first-order valence-electron chi connectivity index (χ1n) is 11.5. The lowest BCUT2D eigenvalue weighted by molar-refractivity contribution is 0.540. The van der Waals surface area contributed by atoms with E-state index < -0.39 is 0 Å². The van der Waals surface area contributed by atoms with Crippen molar-refractivity contribution in [2.45, 2.75) is 80.1 Å². The summed E-state index contributed by atoms with van der Waals surface area (Å²) in [6.07, 6.45) is 20.0. The number of nitrogens with zero attached hydrogens (tertiary/aromatic N) is 2. The lowest BCUT2D eigenvalue weighted by Crippen LogP contribution is -2.34. The summed E-state index contributed by atoms with van der Waals surface area (Å²) in [6.45, 7) is 16.9. The fourth-order valence-electron chi connectivity index (χ4n) is 3.74.